The second-order valence-corrected chi connectivity index (χ2v) is 2.01. The molecule has 0 aromatic heterocycles. The molecule has 0 radical (unpaired) electrons. The van der Waals surface area contributed by atoms with Gasteiger partial charge in [0.05, 0.1) is 0 Å². The Hall–Kier alpha value is -0.750. The number of hydrogen-bond acceptors (Lipinski definition) is 4. The molecule has 3 amide bonds. The highest BCUT2D eigenvalue weighted by Gasteiger charge is 2.21. The average molecular weight is 147 g/mol. The van der Waals surface area contributed by atoms with E-state index < -0.39 is 17.3 Å². The summed E-state index contributed by atoms with van der Waals surface area (Å²) in [6.07, 6.45) is 0. The van der Waals surface area contributed by atoms with Crippen LogP contribution in [0.2, 0.25) is 0 Å². The Kier molecular flexibility index (Phi) is 1.58. The van der Waals surface area contributed by atoms with Crippen LogP contribution in [-0.4, -0.2) is 17.3 Å². The first-order chi connectivity index (χ1) is 4.20. The first-order valence-electron chi connectivity index (χ1n) is 2.24. The quantitative estimate of drug-likeness (QED) is 0.318. The third-order valence-electron chi connectivity index (χ3n) is 0.807. The molecular formula is C3H5N3O2S. The van der Waals surface area contributed by atoms with Crippen LogP contribution in [0.4, 0.5) is 4.79 Å². The summed E-state index contributed by atoms with van der Waals surface area (Å²) in [6.45, 7) is 0. The van der Waals surface area contributed by atoms with Crippen molar-refractivity contribution in [3.05, 3.63) is 0 Å². The Morgan fingerprint density at radius 1 is 1.44 bits per heavy atom. The molecule has 1 rings (SSSR count). The van der Waals surface area contributed by atoms with E-state index >= 15 is 0 Å². The van der Waals surface area contributed by atoms with E-state index in [1.54, 1.807) is 0 Å². The van der Waals surface area contributed by atoms with Gasteiger partial charge in [0.25, 0.3) is 5.91 Å². The van der Waals surface area contributed by atoms with Gasteiger partial charge in [-0.3, -0.25) is 15.5 Å². The normalized spacial score (nSPS) is 27.0. The molecule has 1 aliphatic rings. The molecule has 1 aliphatic heterocycles. The van der Waals surface area contributed by atoms with E-state index in [2.05, 4.69) is 23.5 Å². The maximum absolute atomic E-state index is 10.5. The smallest absolute Gasteiger partial charge is 0.275 e. The molecule has 1 saturated heterocycles. The van der Waals surface area contributed by atoms with E-state index in [4.69, 9.17) is 0 Å². The fourth-order valence-corrected chi connectivity index (χ4v) is 0.540. The molecule has 1 fully saturated rings. The Labute approximate surface area is 56.6 Å². The van der Waals surface area contributed by atoms with Crippen LogP contribution < -0.4 is 16.2 Å². The predicted molar refractivity (Wildman–Crippen MR) is 32.6 cm³/mol. The number of carbonyl (C=O) groups is 2. The van der Waals surface area contributed by atoms with Crippen LogP contribution in [0.25, 0.3) is 0 Å². The summed E-state index contributed by atoms with van der Waals surface area (Å²) in [7, 11) is 0. The number of hydrogen-bond donors (Lipinski definition) is 4. The van der Waals surface area contributed by atoms with Crippen LogP contribution in [0.15, 0.2) is 0 Å². The molecule has 1 unspecified atom stereocenters. The predicted octanol–water partition coefficient (Wildman–Crippen LogP) is -1.41. The molecule has 50 valence electrons. The van der Waals surface area contributed by atoms with Crippen molar-refractivity contribution in [2.75, 3.05) is 0 Å². The van der Waals surface area contributed by atoms with Crippen molar-refractivity contribution in [3.8, 4) is 0 Å². The first kappa shape index (κ1) is 6.37. The maximum Gasteiger partial charge on any atom is 0.335 e. The van der Waals surface area contributed by atoms with Gasteiger partial charge in [-0.05, 0) is 0 Å². The number of thiol groups is 1. The number of hydrazine groups is 1. The number of carbonyl (C=O) groups excluding carboxylic acids is 2. The highest BCUT2D eigenvalue weighted by Crippen LogP contribution is 1.90. The summed E-state index contributed by atoms with van der Waals surface area (Å²) in [5.74, 6) is -0.443. The maximum atomic E-state index is 10.5. The van der Waals surface area contributed by atoms with Crippen LogP contribution >= 0.6 is 12.6 Å². The minimum Gasteiger partial charge on any atom is -0.275 e. The van der Waals surface area contributed by atoms with Gasteiger partial charge >= 0.3 is 6.03 Å². The Bertz CT molecular complexity index is 159. The van der Waals surface area contributed by atoms with Crippen molar-refractivity contribution in [1.29, 1.82) is 0 Å². The lowest BCUT2D eigenvalue weighted by Crippen LogP contribution is -2.60. The van der Waals surface area contributed by atoms with E-state index in [0.717, 1.165) is 0 Å². The van der Waals surface area contributed by atoms with Gasteiger partial charge in [0, 0.05) is 0 Å². The van der Waals surface area contributed by atoms with E-state index in [-0.39, 0.29) is 0 Å². The lowest BCUT2D eigenvalue weighted by atomic mass is 10.5. The first-order valence-corrected chi connectivity index (χ1v) is 2.76. The highest BCUT2D eigenvalue weighted by molar-refractivity contribution is 7.81. The largest absolute Gasteiger partial charge is 0.335 e. The van der Waals surface area contributed by atoms with Crippen molar-refractivity contribution in [3.63, 3.8) is 0 Å². The highest BCUT2D eigenvalue weighted by atomic mass is 32.1. The van der Waals surface area contributed by atoms with Crippen molar-refractivity contribution < 1.29 is 9.59 Å². The molecule has 1 atom stereocenters. The van der Waals surface area contributed by atoms with Crippen LogP contribution in [0.5, 0.6) is 0 Å². The fraction of sp³-hybridized carbons (Fsp3) is 0.333. The summed E-state index contributed by atoms with van der Waals surface area (Å²) in [5, 5.41) is 1.35. The summed E-state index contributed by atoms with van der Waals surface area (Å²) < 4.78 is 0. The van der Waals surface area contributed by atoms with E-state index in [1.165, 1.54) is 0 Å². The van der Waals surface area contributed by atoms with Gasteiger partial charge in [-0.1, -0.05) is 0 Å². The Morgan fingerprint density at radius 3 is 2.56 bits per heavy atom. The molecule has 0 bridgehead atoms. The summed E-state index contributed by atoms with van der Waals surface area (Å²) in [4.78, 5) is 20.8. The number of amides is 3. The second-order valence-electron chi connectivity index (χ2n) is 1.49. The van der Waals surface area contributed by atoms with E-state index in [1.807, 2.05) is 5.32 Å². The minimum absolute atomic E-state index is 0.443. The Morgan fingerprint density at radius 2 is 2.11 bits per heavy atom. The number of rotatable bonds is 0. The van der Waals surface area contributed by atoms with Crippen LogP contribution in [0.1, 0.15) is 0 Å². The second kappa shape index (κ2) is 2.24. The van der Waals surface area contributed by atoms with Gasteiger partial charge in [-0.15, -0.1) is 12.6 Å². The van der Waals surface area contributed by atoms with Gasteiger partial charge in [0.2, 0.25) is 0 Å². The van der Waals surface area contributed by atoms with Gasteiger partial charge in [0.1, 0.15) is 5.37 Å². The van der Waals surface area contributed by atoms with Crippen molar-refractivity contribution >= 4 is 24.6 Å². The topological polar surface area (TPSA) is 70.2 Å². The van der Waals surface area contributed by atoms with Gasteiger partial charge in [-0.2, -0.15) is 0 Å². The lowest BCUT2D eigenvalue weighted by molar-refractivity contribution is -0.120. The minimum atomic E-state index is -0.650. The summed E-state index contributed by atoms with van der Waals surface area (Å²) >= 11 is 3.76. The third kappa shape index (κ3) is 1.33. The van der Waals surface area contributed by atoms with Crippen LogP contribution in [-0.2, 0) is 4.79 Å². The van der Waals surface area contributed by atoms with Crippen molar-refractivity contribution in [2.24, 2.45) is 0 Å². The standard InChI is InChI=1S/C3H5N3O2S/c7-1-2(9)5-6-3(8)4-1/h2,5,9H,(H2,4,6,7,8). The van der Waals surface area contributed by atoms with Crippen LogP contribution in [0.3, 0.4) is 0 Å². The van der Waals surface area contributed by atoms with Crippen molar-refractivity contribution in [2.45, 2.75) is 5.37 Å². The monoisotopic (exact) mass is 147 g/mol. The zero-order valence-corrected chi connectivity index (χ0v) is 5.24. The molecule has 0 aliphatic carbocycles. The SMILES string of the molecule is O=C1NNC(S)C(=O)N1. The van der Waals surface area contributed by atoms with E-state index in [9.17, 15) is 9.59 Å². The van der Waals surface area contributed by atoms with Gasteiger partial charge in [-0.25, -0.2) is 10.2 Å². The fourth-order valence-electron chi connectivity index (χ4n) is 0.411. The molecule has 1 heterocycles. The Balaban J connectivity index is 2.54. The zero-order chi connectivity index (χ0) is 6.85. The number of urea groups is 1. The van der Waals surface area contributed by atoms with Gasteiger partial charge < -0.3 is 0 Å². The van der Waals surface area contributed by atoms with Crippen molar-refractivity contribution in [1.82, 2.24) is 16.2 Å². The zero-order valence-electron chi connectivity index (χ0n) is 4.34. The molecule has 5 nitrogen and oxygen atoms in total. The summed E-state index contributed by atoms with van der Waals surface area (Å²) in [6, 6.07) is -0.551. The molecule has 6 heteroatoms. The molecule has 0 spiro atoms. The molecular weight excluding hydrogens is 142 g/mol. The molecule has 0 saturated carbocycles. The van der Waals surface area contributed by atoms with E-state index in [0.29, 0.717) is 0 Å². The average Bonchev–Trinajstić information content (AvgIpc) is 1.80. The van der Waals surface area contributed by atoms with Gasteiger partial charge in [0.15, 0.2) is 0 Å². The summed E-state index contributed by atoms with van der Waals surface area (Å²) in [5.41, 5.74) is 4.50. The third-order valence-corrected chi connectivity index (χ3v) is 1.17. The lowest BCUT2D eigenvalue weighted by Gasteiger charge is -2.18. The molecule has 9 heavy (non-hydrogen) atoms. The molecule has 0 aromatic rings. The van der Waals surface area contributed by atoms with Crippen LogP contribution in [0, 0.1) is 0 Å². The number of imide groups is 1. The number of nitrogens with one attached hydrogen (secondary N) is 3. The molecule has 3 N–H and O–H groups in total. The molecule has 0 aromatic carbocycles.